The SMILES string of the molecule is N[C@H](CC(F)(F)F)c1sccc1Br. The molecule has 1 nitrogen and oxygen atoms in total. The van der Waals surface area contributed by atoms with E-state index >= 15 is 0 Å². The molecule has 6 heteroatoms. The summed E-state index contributed by atoms with van der Waals surface area (Å²) in [5.41, 5.74) is 5.39. The highest BCUT2D eigenvalue weighted by atomic mass is 79.9. The number of thiophene rings is 1. The minimum Gasteiger partial charge on any atom is -0.323 e. The molecule has 0 aromatic carbocycles. The summed E-state index contributed by atoms with van der Waals surface area (Å²) in [4.78, 5) is 0.539. The Morgan fingerprint density at radius 3 is 2.54 bits per heavy atom. The van der Waals surface area contributed by atoms with Gasteiger partial charge in [-0.1, -0.05) is 0 Å². The minimum absolute atomic E-state index is 0.539. The Labute approximate surface area is 85.9 Å². The van der Waals surface area contributed by atoms with E-state index in [2.05, 4.69) is 15.9 Å². The van der Waals surface area contributed by atoms with Crippen LogP contribution in [-0.4, -0.2) is 6.18 Å². The van der Waals surface area contributed by atoms with E-state index in [-0.39, 0.29) is 0 Å². The van der Waals surface area contributed by atoms with Gasteiger partial charge in [0, 0.05) is 15.4 Å². The Hall–Kier alpha value is -0.0700. The molecule has 0 spiro atoms. The second kappa shape index (κ2) is 3.98. The van der Waals surface area contributed by atoms with Crippen LogP contribution < -0.4 is 5.73 Å². The molecule has 0 unspecified atom stereocenters. The maximum Gasteiger partial charge on any atom is 0.390 e. The highest BCUT2D eigenvalue weighted by molar-refractivity contribution is 9.10. The fraction of sp³-hybridized carbons (Fsp3) is 0.429. The third-order valence-corrected chi connectivity index (χ3v) is 3.44. The van der Waals surface area contributed by atoms with Crippen molar-refractivity contribution in [3.8, 4) is 0 Å². The molecule has 0 saturated heterocycles. The normalized spacial score (nSPS) is 14.5. The van der Waals surface area contributed by atoms with Crippen molar-refractivity contribution < 1.29 is 13.2 Å². The molecule has 74 valence electrons. The van der Waals surface area contributed by atoms with Gasteiger partial charge in [0.05, 0.1) is 6.42 Å². The molecule has 1 rings (SSSR count). The number of rotatable bonds is 2. The number of halogens is 4. The van der Waals surface area contributed by atoms with Gasteiger partial charge in [-0.15, -0.1) is 11.3 Å². The average molecular weight is 274 g/mol. The molecule has 13 heavy (non-hydrogen) atoms. The molecule has 1 aromatic heterocycles. The van der Waals surface area contributed by atoms with Crippen molar-refractivity contribution in [2.45, 2.75) is 18.6 Å². The molecule has 0 saturated carbocycles. The van der Waals surface area contributed by atoms with Gasteiger partial charge in [0.1, 0.15) is 0 Å². The van der Waals surface area contributed by atoms with Gasteiger partial charge in [-0.2, -0.15) is 13.2 Å². The van der Waals surface area contributed by atoms with Gasteiger partial charge >= 0.3 is 6.18 Å². The zero-order valence-electron chi connectivity index (χ0n) is 6.44. The van der Waals surface area contributed by atoms with E-state index in [0.717, 1.165) is 0 Å². The Morgan fingerprint density at radius 2 is 2.15 bits per heavy atom. The van der Waals surface area contributed by atoms with E-state index in [1.54, 1.807) is 11.4 Å². The van der Waals surface area contributed by atoms with Crippen LogP contribution in [0.1, 0.15) is 17.3 Å². The number of nitrogens with two attached hydrogens (primary N) is 1. The zero-order chi connectivity index (χ0) is 10.1. The Balaban J connectivity index is 2.69. The van der Waals surface area contributed by atoms with Crippen LogP contribution in [0.5, 0.6) is 0 Å². The molecule has 1 aromatic rings. The molecule has 0 bridgehead atoms. The summed E-state index contributed by atoms with van der Waals surface area (Å²) in [5, 5.41) is 1.70. The van der Waals surface area contributed by atoms with Crippen LogP contribution in [-0.2, 0) is 0 Å². The van der Waals surface area contributed by atoms with Gasteiger partial charge in [-0.3, -0.25) is 0 Å². The lowest BCUT2D eigenvalue weighted by Crippen LogP contribution is -2.19. The van der Waals surface area contributed by atoms with Gasteiger partial charge in [0.15, 0.2) is 0 Å². The second-order valence-corrected chi connectivity index (χ2v) is 4.36. The first-order chi connectivity index (χ1) is 5.90. The minimum atomic E-state index is -4.21. The molecule has 0 amide bonds. The molecule has 1 atom stereocenters. The van der Waals surface area contributed by atoms with Crippen molar-refractivity contribution in [3.05, 3.63) is 20.8 Å². The third-order valence-electron chi connectivity index (χ3n) is 1.43. The summed E-state index contributed by atoms with van der Waals surface area (Å²) in [5.74, 6) is 0. The molecular weight excluding hydrogens is 267 g/mol. The Kier molecular flexibility index (Phi) is 3.37. The lowest BCUT2D eigenvalue weighted by atomic mass is 10.2. The second-order valence-electron chi connectivity index (χ2n) is 2.56. The summed E-state index contributed by atoms with van der Waals surface area (Å²) in [7, 11) is 0. The van der Waals surface area contributed by atoms with E-state index in [1.165, 1.54) is 11.3 Å². The van der Waals surface area contributed by atoms with Gasteiger partial charge in [-0.05, 0) is 27.4 Å². The summed E-state index contributed by atoms with van der Waals surface area (Å²) < 4.78 is 36.5. The number of alkyl halides is 3. The quantitative estimate of drug-likeness (QED) is 0.878. The molecule has 1 heterocycles. The standard InChI is InChI=1S/C7H7BrF3NS/c8-4-1-2-13-6(4)5(12)3-7(9,10)11/h1-2,5H,3,12H2/t5-/m1/s1. The van der Waals surface area contributed by atoms with Crippen LogP contribution in [0, 0.1) is 0 Å². The third kappa shape index (κ3) is 3.28. The summed E-state index contributed by atoms with van der Waals surface area (Å²) >= 11 is 4.36. The molecule has 0 aliphatic heterocycles. The van der Waals surface area contributed by atoms with Gasteiger partial charge in [0.2, 0.25) is 0 Å². The largest absolute Gasteiger partial charge is 0.390 e. The topological polar surface area (TPSA) is 26.0 Å². The first-order valence-corrected chi connectivity index (χ1v) is 5.12. The van der Waals surface area contributed by atoms with Crippen LogP contribution in [0.2, 0.25) is 0 Å². The molecule has 2 N–H and O–H groups in total. The van der Waals surface area contributed by atoms with E-state index < -0.39 is 18.6 Å². The molecule has 0 aliphatic rings. The molecular formula is C7H7BrF3NS. The number of hydrogen-bond acceptors (Lipinski definition) is 2. The lowest BCUT2D eigenvalue weighted by molar-refractivity contribution is -0.138. The fourth-order valence-electron chi connectivity index (χ4n) is 0.912. The van der Waals surface area contributed by atoms with Crippen LogP contribution in [0.3, 0.4) is 0 Å². The van der Waals surface area contributed by atoms with E-state index in [4.69, 9.17) is 5.73 Å². The molecule has 0 fully saturated rings. The predicted molar refractivity (Wildman–Crippen MR) is 49.6 cm³/mol. The zero-order valence-corrected chi connectivity index (χ0v) is 8.84. The van der Waals surface area contributed by atoms with E-state index in [1.807, 2.05) is 0 Å². The van der Waals surface area contributed by atoms with Gasteiger partial charge < -0.3 is 5.73 Å². The summed E-state index contributed by atoms with van der Waals surface area (Å²) in [6, 6.07) is 0.727. The Bertz CT molecular complexity index is 284. The average Bonchev–Trinajstić information content (AvgIpc) is 2.30. The highest BCUT2D eigenvalue weighted by Crippen LogP contribution is 2.34. The summed E-state index contributed by atoms with van der Waals surface area (Å²) in [6.07, 6.45) is -5.19. The van der Waals surface area contributed by atoms with Crippen LogP contribution in [0.15, 0.2) is 15.9 Å². The maximum atomic E-state index is 11.9. The van der Waals surface area contributed by atoms with Crippen molar-refractivity contribution in [2.75, 3.05) is 0 Å². The van der Waals surface area contributed by atoms with Crippen LogP contribution >= 0.6 is 27.3 Å². The monoisotopic (exact) mass is 273 g/mol. The van der Waals surface area contributed by atoms with Crippen molar-refractivity contribution in [1.82, 2.24) is 0 Å². The van der Waals surface area contributed by atoms with Crippen molar-refractivity contribution in [1.29, 1.82) is 0 Å². The van der Waals surface area contributed by atoms with Crippen LogP contribution in [0.25, 0.3) is 0 Å². The predicted octanol–water partition coefficient (Wildman–Crippen LogP) is 3.46. The fourth-order valence-corrected chi connectivity index (χ4v) is 2.58. The van der Waals surface area contributed by atoms with Gasteiger partial charge in [-0.25, -0.2) is 0 Å². The highest BCUT2D eigenvalue weighted by Gasteiger charge is 2.31. The van der Waals surface area contributed by atoms with Crippen molar-refractivity contribution in [3.63, 3.8) is 0 Å². The lowest BCUT2D eigenvalue weighted by Gasteiger charge is -2.12. The van der Waals surface area contributed by atoms with Gasteiger partial charge in [0.25, 0.3) is 0 Å². The van der Waals surface area contributed by atoms with Crippen LogP contribution in [0.4, 0.5) is 13.2 Å². The number of hydrogen-bond donors (Lipinski definition) is 1. The first kappa shape index (κ1) is 11.0. The van der Waals surface area contributed by atoms with E-state index in [9.17, 15) is 13.2 Å². The molecule has 0 radical (unpaired) electrons. The maximum absolute atomic E-state index is 11.9. The molecule has 0 aliphatic carbocycles. The summed E-state index contributed by atoms with van der Waals surface area (Å²) in [6.45, 7) is 0. The van der Waals surface area contributed by atoms with Crippen molar-refractivity contribution >= 4 is 27.3 Å². The Morgan fingerprint density at radius 1 is 1.54 bits per heavy atom. The van der Waals surface area contributed by atoms with E-state index in [0.29, 0.717) is 9.35 Å². The van der Waals surface area contributed by atoms with Crippen molar-refractivity contribution in [2.24, 2.45) is 5.73 Å². The smallest absolute Gasteiger partial charge is 0.323 e. The first-order valence-electron chi connectivity index (χ1n) is 3.45.